The molecule has 1 aliphatic rings. The largest absolute Gasteiger partial charge is 0.496 e. The third kappa shape index (κ3) is 11.2. The molecule has 0 saturated carbocycles. The number of methoxy groups -OCH3 is 1. The quantitative estimate of drug-likeness (QED) is 0.0863. The smallest absolute Gasteiger partial charge is 0.124 e. The van der Waals surface area contributed by atoms with E-state index in [9.17, 15) is 0 Å². The predicted octanol–water partition coefficient (Wildman–Crippen LogP) is 11.6. The van der Waals surface area contributed by atoms with Gasteiger partial charge < -0.3 is 23.7 Å². The molecule has 1 saturated heterocycles. The number of halogens is 1. The Balaban J connectivity index is 1.29. The zero-order valence-electron chi connectivity index (χ0n) is 32.7. The lowest BCUT2D eigenvalue weighted by atomic mass is 9.93. The third-order valence-electron chi connectivity index (χ3n) is 10.4. The van der Waals surface area contributed by atoms with Gasteiger partial charge in [0.2, 0.25) is 0 Å². The molecular formula is C50H51ClO5S. The van der Waals surface area contributed by atoms with Crippen molar-refractivity contribution in [3.8, 4) is 5.75 Å². The summed E-state index contributed by atoms with van der Waals surface area (Å²) in [6.45, 7) is 4.33. The van der Waals surface area contributed by atoms with Crippen molar-refractivity contribution in [2.24, 2.45) is 0 Å². The van der Waals surface area contributed by atoms with Crippen molar-refractivity contribution in [1.29, 1.82) is 0 Å². The topological polar surface area (TPSA) is 46.2 Å². The Labute approximate surface area is 347 Å². The van der Waals surface area contributed by atoms with Gasteiger partial charge in [0, 0.05) is 10.6 Å². The summed E-state index contributed by atoms with van der Waals surface area (Å²) in [7, 11) is 1.71. The summed E-state index contributed by atoms with van der Waals surface area (Å²) in [5.74, 6) is 0.713. The lowest BCUT2D eigenvalue weighted by Gasteiger charge is -2.46. The molecule has 0 unspecified atom stereocenters. The Hall–Kier alpha value is -4.40. The summed E-state index contributed by atoms with van der Waals surface area (Å²) in [4.78, 5) is 0. The van der Waals surface area contributed by atoms with Gasteiger partial charge in [-0.25, -0.2) is 0 Å². The molecule has 57 heavy (non-hydrogen) atoms. The highest BCUT2D eigenvalue weighted by Gasteiger charge is 2.49. The fourth-order valence-electron chi connectivity index (χ4n) is 7.31. The molecule has 0 N–H and O–H groups in total. The van der Waals surface area contributed by atoms with Crippen molar-refractivity contribution in [3.05, 3.63) is 207 Å². The van der Waals surface area contributed by atoms with Crippen LogP contribution < -0.4 is 4.74 Å². The van der Waals surface area contributed by atoms with Crippen LogP contribution in [-0.2, 0) is 58.2 Å². The lowest BCUT2D eigenvalue weighted by molar-refractivity contribution is -0.160. The first-order valence-corrected chi connectivity index (χ1v) is 21.1. The SMILES string of the molecule is CCc1ccc(Cc2cc([C@@H]3S[C@H](COCc4ccccc4)[C@@H](OCc4ccccc4)[C@H](OCc4ccccc4)[C@H]3OCc3ccccc3)c(OC)cc2Cl)cc1. The monoisotopic (exact) mass is 798 g/mol. The van der Waals surface area contributed by atoms with E-state index in [1.807, 2.05) is 90.6 Å². The number of rotatable bonds is 18. The van der Waals surface area contributed by atoms with Gasteiger partial charge >= 0.3 is 0 Å². The highest BCUT2D eigenvalue weighted by Crippen LogP contribution is 2.50. The van der Waals surface area contributed by atoms with Gasteiger partial charge in [0.15, 0.2) is 0 Å². The second-order valence-corrected chi connectivity index (χ2v) is 16.2. The van der Waals surface area contributed by atoms with Crippen LogP contribution in [-0.4, -0.2) is 37.3 Å². The summed E-state index contributed by atoms with van der Waals surface area (Å²) in [6.07, 6.45) is 0.405. The van der Waals surface area contributed by atoms with E-state index < -0.39 is 12.2 Å². The van der Waals surface area contributed by atoms with Gasteiger partial charge in [-0.15, -0.1) is 11.8 Å². The summed E-state index contributed by atoms with van der Waals surface area (Å²) >= 11 is 8.86. The Morgan fingerprint density at radius 3 is 1.51 bits per heavy atom. The lowest BCUT2D eigenvalue weighted by Crippen LogP contribution is -2.54. The Kier molecular flexibility index (Phi) is 14.9. The van der Waals surface area contributed by atoms with Crippen molar-refractivity contribution < 1.29 is 23.7 Å². The highest BCUT2D eigenvalue weighted by atomic mass is 35.5. The second-order valence-electron chi connectivity index (χ2n) is 14.4. The molecule has 6 aromatic carbocycles. The van der Waals surface area contributed by atoms with Gasteiger partial charge in [0.05, 0.1) is 50.6 Å². The zero-order valence-corrected chi connectivity index (χ0v) is 34.2. The first-order valence-electron chi connectivity index (χ1n) is 19.8. The first kappa shape index (κ1) is 40.8. The van der Waals surface area contributed by atoms with Crippen molar-refractivity contribution in [2.45, 2.75) is 75.0 Å². The van der Waals surface area contributed by atoms with E-state index in [1.165, 1.54) is 11.1 Å². The van der Waals surface area contributed by atoms with Gasteiger partial charge in [-0.2, -0.15) is 0 Å². The number of hydrogen-bond acceptors (Lipinski definition) is 6. The molecule has 0 bridgehead atoms. The first-order chi connectivity index (χ1) is 28.1. The highest BCUT2D eigenvalue weighted by molar-refractivity contribution is 8.00. The standard InChI is InChI=1S/C50H51ClO5S/c1-3-36-24-26-37(27-25-36)28-42-29-43(45(52-2)30-44(42)51)50-49(56-34-41-22-14-7-15-23-41)48(55-33-40-20-12-6-13-21-40)47(54-32-39-18-10-5-11-19-39)46(57-50)35-53-31-38-16-8-4-9-17-38/h4-27,29-30,46-50H,3,28,31-35H2,1-2H3/t46-,47-,48+,49-,50+/m1/s1. The molecule has 294 valence electrons. The molecule has 5 atom stereocenters. The van der Waals surface area contributed by atoms with Crippen LogP contribution in [0.1, 0.15) is 56.7 Å². The van der Waals surface area contributed by atoms with Crippen LogP contribution in [0.5, 0.6) is 5.75 Å². The molecule has 7 heteroatoms. The minimum Gasteiger partial charge on any atom is -0.496 e. The maximum absolute atomic E-state index is 7.10. The summed E-state index contributed by atoms with van der Waals surface area (Å²) in [5, 5.41) is 0.330. The van der Waals surface area contributed by atoms with Gasteiger partial charge in [-0.1, -0.05) is 164 Å². The molecule has 0 radical (unpaired) electrons. The van der Waals surface area contributed by atoms with E-state index in [4.69, 9.17) is 35.3 Å². The molecule has 1 heterocycles. The molecule has 0 aromatic heterocycles. The molecule has 7 rings (SSSR count). The Morgan fingerprint density at radius 1 is 0.526 bits per heavy atom. The van der Waals surface area contributed by atoms with Crippen LogP contribution in [0.25, 0.3) is 0 Å². The number of benzene rings is 6. The molecule has 1 fully saturated rings. The number of hydrogen-bond donors (Lipinski definition) is 0. The molecular weight excluding hydrogens is 748 g/mol. The maximum Gasteiger partial charge on any atom is 0.124 e. The zero-order chi connectivity index (χ0) is 39.2. The van der Waals surface area contributed by atoms with E-state index in [-0.39, 0.29) is 16.6 Å². The van der Waals surface area contributed by atoms with Gasteiger partial charge in [0.1, 0.15) is 24.1 Å². The van der Waals surface area contributed by atoms with Crippen LogP contribution in [0.15, 0.2) is 158 Å². The van der Waals surface area contributed by atoms with Crippen molar-refractivity contribution in [2.75, 3.05) is 13.7 Å². The average molecular weight is 799 g/mol. The molecule has 0 spiro atoms. The second kappa shape index (κ2) is 20.9. The Morgan fingerprint density at radius 2 is 1.00 bits per heavy atom. The predicted molar refractivity (Wildman–Crippen MR) is 232 cm³/mol. The van der Waals surface area contributed by atoms with E-state index in [0.29, 0.717) is 50.2 Å². The van der Waals surface area contributed by atoms with Crippen molar-refractivity contribution in [1.82, 2.24) is 0 Å². The van der Waals surface area contributed by atoms with Crippen LogP contribution >= 0.6 is 23.4 Å². The molecule has 5 nitrogen and oxygen atoms in total. The number of thioether (sulfide) groups is 1. The summed E-state index contributed by atoms with van der Waals surface area (Å²) < 4.78 is 33.9. The normalized spacial score (nSPS) is 19.3. The molecule has 0 amide bonds. The number of aryl methyl sites for hydroxylation is 1. The van der Waals surface area contributed by atoms with Gasteiger partial charge in [-0.3, -0.25) is 0 Å². The summed E-state index contributed by atoms with van der Waals surface area (Å²) in [5.41, 5.74) is 8.91. The van der Waals surface area contributed by atoms with Crippen LogP contribution in [0.2, 0.25) is 5.02 Å². The van der Waals surface area contributed by atoms with E-state index in [0.717, 1.165) is 39.8 Å². The van der Waals surface area contributed by atoms with E-state index >= 15 is 0 Å². The van der Waals surface area contributed by atoms with Crippen molar-refractivity contribution in [3.63, 3.8) is 0 Å². The molecule has 6 aromatic rings. The van der Waals surface area contributed by atoms with Crippen LogP contribution in [0, 0.1) is 0 Å². The van der Waals surface area contributed by atoms with Crippen LogP contribution in [0.4, 0.5) is 0 Å². The van der Waals surface area contributed by atoms with Gasteiger partial charge in [0.25, 0.3) is 0 Å². The van der Waals surface area contributed by atoms with E-state index in [2.05, 4.69) is 85.8 Å². The minimum absolute atomic E-state index is 0.120. The molecule has 0 aliphatic carbocycles. The van der Waals surface area contributed by atoms with Crippen molar-refractivity contribution >= 4 is 23.4 Å². The molecule has 1 aliphatic heterocycles. The Bertz CT molecular complexity index is 2080. The minimum atomic E-state index is -0.473. The number of ether oxygens (including phenoxy) is 5. The maximum atomic E-state index is 7.10. The average Bonchev–Trinajstić information content (AvgIpc) is 3.26. The van der Waals surface area contributed by atoms with Crippen LogP contribution in [0.3, 0.4) is 0 Å². The summed E-state index contributed by atoms with van der Waals surface area (Å²) in [6, 6.07) is 54.2. The van der Waals surface area contributed by atoms with E-state index in [1.54, 1.807) is 7.11 Å². The third-order valence-corrected chi connectivity index (χ3v) is 12.3. The van der Waals surface area contributed by atoms with Gasteiger partial charge in [-0.05, 0) is 63.9 Å². The fraction of sp³-hybridized carbons (Fsp3) is 0.280. The fourth-order valence-corrected chi connectivity index (χ4v) is 9.19.